The van der Waals surface area contributed by atoms with Crippen LogP contribution in [0.25, 0.3) is 0 Å². The molecule has 0 saturated carbocycles. The fourth-order valence-corrected chi connectivity index (χ4v) is 5.17. The molecule has 10 heteroatoms. The Kier molecular flexibility index (Phi) is 10.5. The second-order valence-electron chi connectivity index (χ2n) is 8.49. The Hall–Kier alpha value is -3.37. The zero-order chi connectivity index (χ0) is 26.8. The van der Waals surface area contributed by atoms with Crippen LogP contribution in [0, 0.1) is 5.41 Å². The van der Waals surface area contributed by atoms with Gasteiger partial charge in [-0.05, 0) is 73.5 Å². The van der Waals surface area contributed by atoms with E-state index in [0.717, 1.165) is 25.6 Å². The molecule has 194 valence electrons. The average Bonchev–Trinajstić information content (AvgIpc) is 2.88. The van der Waals surface area contributed by atoms with Crippen LogP contribution in [0.4, 0.5) is 5.69 Å². The van der Waals surface area contributed by atoms with Crippen molar-refractivity contribution in [3.63, 3.8) is 0 Å². The molecule has 0 spiro atoms. The van der Waals surface area contributed by atoms with Crippen LogP contribution in [0.5, 0.6) is 0 Å². The maximum Gasteiger partial charge on any atom is 0.242 e. The van der Waals surface area contributed by atoms with Gasteiger partial charge in [-0.2, -0.15) is 0 Å². The largest absolute Gasteiger partial charge is 0.397 e. The molecular formula is C27H30Br2N6O2. The van der Waals surface area contributed by atoms with Crippen LogP contribution >= 0.6 is 31.9 Å². The molecule has 1 atom stereocenters. The van der Waals surface area contributed by atoms with Gasteiger partial charge in [0, 0.05) is 22.0 Å². The molecule has 0 unspecified atom stereocenters. The summed E-state index contributed by atoms with van der Waals surface area (Å²) in [6, 6.07) is 21.9. The van der Waals surface area contributed by atoms with Crippen LogP contribution in [0.3, 0.4) is 0 Å². The maximum atomic E-state index is 13.6. The lowest BCUT2D eigenvalue weighted by molar-refractivity contribution is -0.129. The van der Waals surface area contributed by atoms with Crippen molar-refractivity contribution < 1.29 is 9.59 Å². The fraction of sp³-hybridized carbons (Fsp3) is 0.222. The average molecular weight is 630 g/mol. The summed E-state index contributed by atoms with van der Waals surface area (Å²) in [5.74, 6) is -1.29. The van der Waals surface area contributed by atoms with Crippen molar-refractivity contribution >= 4 is 55.3 Å². The summed E-state index contributed by atoms with van der Waals surface area (Å²) in [6.45, 7) is 0.669. The van der Waals surface area contributed by atoms with Crippen LogP contribution < -0.4 is 27.4 Å². The summed E-state index contributed by atoms with van der Waals surface area (Å²) >= 11 is 6.84. The third kappa shape index (κ3) is 8.33. The normalized spacial score (nSPS) is 11.5. The summed E-state index contributed by atoms with van der Waals surface area (Å²) in [6.07, 6.45) is 0.890. The van der Waals surface area contributed by atoms with Gasteiger partial charge in [0.25, 0.3) is 0 Å². The zero-order valence-corrected chi connectivity index (χ0v) is 23.3. The highest BCUT2D eigenvalue weighted by Crippen LogP contribution is 2.29. The Morgan fingerprint density at radius 2 is 1.41 bits per heavy atom. The molecule has 3 rings (SSSR count). The Bertz CT molecular complexity index is 1160. The van der Waals surface area contributed by atoms with Crippen molar-refractivity contribution in [3.8, 4) is 0 Å². The van der Waals surface area contributed by atoms with Gasteiger partial charge < -0.3 is 27.4 Å². The lowest BCUT2D eigenvalue weighted by Crippen LogP contribution is -2.48. The number of guanidine groups is 1. The molecule has 8 nitrogen and oxygen atoms in total. The van der Waals surface area contributed by atoms with Gasteiger partial charge in [0.2, 0.25) is 11.8 Å². The van der Waals surface area contributed by atoms with Crippen molar-refractivity contribution in [2.75, 3.05) is 12.3 Å². The molecule has 0 aliphatic carbocycles. The van der Waals surface area contributed by atoms with E-state index in [0.29, 0.717) is 25.1 Å². The Morgan fingerprint density at radius 1 is 0.865 bits per heavy atom. The lowest BCUT2D eigenvalue weighted by atomic mass is 9.90. The van der Waals surface area contributed by atoms with Gasteiger partial charge in [-0.25, -0.2) is 0 Å². The lowest BCUT2D eigenvalue weighted by Gasteiger charge is -2.23. The van der Waals surface area contributed by atoms with Gasteiger partial charge in [-0.1, -0.05) is 60.7 Å². The molecule has 0 saturated heterocycles. The van der Waals surface area contributed by atoms with Crippen LogP contribution in [-0.4, -0.2) is 30.4 Å². The van der Waals surface area contributed by atoms with E-state index in [2.05, 4.69) is 47.8 Å². The van der Waals surface area contributed by atoms with E-state index in [1.54, 1.807) is 0 Å². The van der Waals surface area contributed by atoms with Gasteiger partial charge >= 0.3 is 0 Å². The Morgan fingerprint density at radius 3 is 1.92 bits per heavy atom. The van der Waals surface area contributed by atoms with E-state index in [1.807, 2.05) is 72.8 Å². The minimum Gasteiger partial charge on any atom is -0.397 e. The third-order valence-corrected chi connectivity index (χ3v) is 7.06. The smallest absolute Gasteiger partial charge is 0.242 e. The predicted molar refractivity (Wildman–Crippen MR) is 154 cm³/mol. The SMILES string of the molecule is N=C(N)NCCC[C@@H](NC(=O)C(c1ccccc1)c1ccccc1)C(=O)NCc1cc(Br)c(N)c(Br)c1. The molecule has 0 fully saturated rings. The molecule has 0 aliphatic rings. The number of hydrogen-bond acceptors (Lipinski definition) is 4. The number of nitrogens with one attached hydrogen (secondary N) is 4. The van der Waals surface area contributed by atoms with Crippen molar-refractivity contribution in [2.45, 2.75) is 31.3 Å². The van der Waals surface area contributed by atoms with Crippen LogP contribution in [0.1, 0.15) is 35.4 Å². The number of rotatable bonds is 11. The van der Waals surface area contributed by atoms with Gasteiger partial charge in [0.05, 0.1) is 11.6 Å². The quantitative estimate of drug-likeness (QED) is 0.0822. The van der Waals surface area contributed by atoms with E-state index >= 15 is 0 Å². The first kappa shape index (κ1) is 28.2. The standard InChI is InChI=1S/C27H30Br2N6O2/c28-20-14-17(15-21(29)24(20)30)16-34-25(36)22(12-7-13-33-27(31)32)35-26(37)23(18-8-3-1-4-9-18)19-10-5-2-6-11-19/h1-6,8-11,14-15,22-23H,7,12-13,16,30H2,(H,34,36)(H,35,37)(H4,31,32,33)/t22-/m1/s1. The Labute approximate surface area is 233 Å². The van der Waals surface area contributed by atoms with Crippen molar-refractivity contribution in [3.05, 3.63) is 98.4 Å². The number of carbonyl (C=O) groups is 2. The highest BCUT2D eigenvalue weighted by molar-refractivity contribution is 9.11. The van der Waals surface area contributed by atoms with Gasteiger partial charge in [0.15, 0.2) is 5.96 Å². The number of benzene rings is 3. The molecule has 0 aromatic heterocycles. The predicted octanol–water partition coefficient (Wildman–Crippen LogP) is 3.99. The van der Waals surface area contributed by atoms with E-state index in [-0.39, 0.29) is 24.3 Å². The number of hydrogen-bond donors (Lipinski definition) is 6. The molecular weight excluding hydrogens is 600 g/mol. The summed E-state index contributed by atoms with van der Waals surface area (Å²) in [5.41, 5.74) is 14.4. The summed E-state index contributed by atoms with van der Waals surface area (Å²) in [4.78, 5) is 26.9. The number of anilines is 1. The molecule has 0 bridgehead atoms. The van der Waals surface area contributed by atoms with Crippen LogP contribution in [0.15, 0.2) is 81.7 Å². The molecule has 2 amide bonds. The minimum absolute atomic E-state index is 0.141. The number of nitrogens with two attached hydrogens (primary N) is 2. The van der Waals surface area contributed by atoms with E-state index in [1.165, 1.54) is 0 Å². The monoisotopic (exact) mass is 628 g/mol. The minimum atomic E-state index is -0.781. The second-order valence-corrected chi connectivity index (χ2v) is 10.2. The fourth-order valence-electron chi connectivity index (χ4n) is 3.89. The van der Waals surface area contributed by atoms with E-state index in [9.17, 15) is 9.59 Å². The molecule has 0 heterocycles. The summed E-state index contributed by atoms with van der Waals surface area (Å²) in [7, 11) is 0. The molecule has 8 N–H and O–H groups in total. The number of carbonyl (C=O) groups excluding carboxylic acids is 2. The second kappa shape index (κ2) is 13.8. The van der Waals surface area contributed by atoms with Crippen molar-refractivity contribution in [1.29, 1.82) is 5.41 Å². The molecule has 37 heavy (non-hydrogen) atoms. The highest BCUT2D eigenvalue weighted by atomic mass is 79.9. The molecule has 0 aliphatic heterocycles. The first-order valence-corrected chi connectivity index (χ1v) is 13.3. The number of amides is 2. The zero-order valence-electron chi connectivity index (χ0n) is 20.1. The topological polar surface area (TPSA) is 146 Å². The summed E-state index contributed by atoms with van der Waals surface area (Å²) in [5, 5.41) is 16.0. The van der Waals surface area contributed by atoms with Crippen molar-refractivity contribution in [1.82, 2.24) is 16.0 Å². The Balaban J connectivity index is 1.78. The number of nitrogen functional groups attached to an aromatic ring is 1. The first-order chi connectivity index (χ1) is 17.8. The highest BCUT2D eigenvalue weighted by Gasteiger charge is 2.27. The van der Waals surface area contributed by atoms with Crippen LogP contribution in [-0.2, 0) is 16.1 Å². The van der Waals surface area contributed by atoms with E-state index in [4.69, 9.17) is 16.9 Å². The van der Waals surface area contributed by atoms with Crippen LogP contribution in [0.2, 0.25) is 0 Å². The molecule has 3 aromatic rings. The van der Waals surface area contributed by atoms with E-state index < -0.39 is 12.0 Å². The van der Waals surface area contributed by atoms with Gasteiger partial charge in [0.1, 0.15) is 6.04 Å². The number of halogens is 2. The van der Waals surface area contributed by atoms with Gasteiger partial charge in [-0.3, -0.25) is 15.0 Å². The first-order valence-electron chi connectivity index (χ1n) is 11.8. The van der Waals surface area contributed by atoms with Crippen molar-refractivity contribution in [2.24, 2.45) is 5.73 Å². The summed E-state index contributed by atoms with van der Waals surface area (Å²) < 4.78 is 1.44. The maximum absolute atomic E-state index is 13.6. The molecule has 0 radical (unpaired) electrons. The third-order valence-electron chi connectivity index (χ3n) is 5.75. The van der Waals surface area contributed by atoms with Gasteiger partial charge in [-0.15, -0.1) is 0 Å². The molecule has 3 aromatic carbocycles.